The van der Waals surface area contributed by atoms with E-state index in [1.54, 1.807) is 12.1 Å². The van der Waals surface area contributed by atoms with Crippen molar-refractivity contribution < 1.29 is 9.18 Å². The van der Waals surface area contributed by atoms with Crippen molar-refractivity contribution in [2.75, 3.05) is 5.32 Å². The summed E-state index contributed by atoms with van der Waals surface area (Å²) < 4.78 is 13.1. The number of nitrogens with one attached hydrogen (secondary N) is 1. The van der Waals surface area contributed by atoms with Gasteiger partial charge < -0.3 is 5.32 Å². The summed E-state index contributed by atoms with van der Waals surface area (Å²) in [4.78, 5) is 17.3. The molecule has 1 amide bonds. The molecular formula is C23H25FN2OS. The second kappa shape index (κ2) is 8.65. The molecule has 0 saturated carbocycles. The summed E-state index contributed by atoms with van der Waals surface area (Å²) in [7, 11) is 0. The summed E-state index contributed by atoms with van der Waals surface area (Å²) in [5.41, 5.74) is 4.78. The van der Waals surface area contributed by atoms with Gasteiger partial charge in [0, 0.05) is 16.6 Å². The van der Waals surface area contributed by atoms with Crippen LogP contribution >= 0.6 is 11.3 Å². The first-order valence-corrected chi connectivity index (χ1v) is 10.4. The van der Waals surface area contributed by atoms with Crippen LogP contribution in [-0.4, -0.2) is 10.9 Å². The lowest BCUT2D eigenvalue weighted by atomic mass is 9.92. The van der Waals surface area contributed by atoms with Crippen LogP contribution in [-0.2, 0) is 11.2 Å². The first kappa shape index (κ1) is 20.2. The molecule has 0 spiro atoms. The average molecular weight is 397 g/mol. The van der Waals surface area contributed by atoms with Crippen molar-refractivity contribution >= 4 is 22.9 Å². The van der Waals surface area contributed by atoms with E-state index in [9.17, 15) is 9.18 Å². The van der Waals surface area contributed by atoms with E-state index in [2.05, 4.69) is 56.2 Å². The fourth-order valence-corrected chi connectivity index (χ4v) is 3.98. The monoisotopic (exact) mass is 396 g/mol. The number of hydrogen-bond acceptors (Lipinski definition) is 3. The van der Waals surface area contributed by atoms with E-state index in [1.165, 1.54) is 23.5 Å². The normalized spacial score (nSPS) is 11.2. The highest BCUT2D eigenvalue weighted by atomic mass is 32.1. The van der Waals surface area contributed by atoms with Crippen LogP contribution in [0.5, 0.6) is 0 Å². The number of anilines is 1. The molecule has 1 aromatic heterocycles. The first-order chi connectivity index (χ1) is 13.3. The molecule has 0 aliphatic carbocycles. The molecular weight excluding hydrogens is 371 g/mol. The van der Waals surface area contributed by atoms with E-state index >= 15 is 0 Å². The zero-order valence-electron chi connectivity index (χ0n) is 16.6. The lowest BCUT2D eigenvalue weighted by Crippen LogP contribution is -2.18. The lowest BCUT2D eigenvalue weighted by molar-refractivity contribution is -0.115. The number of rotatable bonds is 6. The molecule has 1 N–H and O–H groups in total. The van der Waals surface area contributed by atoms with Gasteiger partial charge in [-0.2, -0.15) is 0 Å². The molecule has 1 heterocycles. The molecule has 0 aliphatic heterocycles. The Morgan fingerprint density at radius 2 is 1.64 bits per heavy atom. The minimum Gasteiger partial charge on any atom is -0.325 e. The molecule has 2 aromatic carbocycles. The zero-order chi connectivity index (χ0) is 20.3. The number of benzene rings is 2. The topological polar surface area (TPSA) is 42.0 Å². The number of carbonyl (C=O) groups excluding carboxylic acids is 1. The molecule has 3 nitrogen and oxygen atoms in total. The largest absolute Gasteiger partial charge is 0.325 e. The molecule has 5 heteroatoms. The van der Waals surface area contributed by atoms with Gasteiger partial charge >= 0.3 is 0 Å². The van der Waals surface area contributed by atoms with E-state index in [4.69, 9.17) is 0 Å². The summed E-state index contributed by atoms with van der Waals surface area (Å²) in [6.45, 7) is 8.52. The van der Waals surface area contributed by atoms with Gasteiger partial charge in [-0.3, -0.25) is 4.79 Å². The SMILES string of the molecule is CC(C)c1cccc(C(C)C)c1NC(=O)Cc1csc(-c2ccc(F)cc2)n1. The Balaban J connectivity index is 1.77. The maximum absolute atomic E-state index is 13.1. The second-order valence-corrected chi connectivity index (χ2v) is 8.35. The van der Waals surface area contributed by atoms with Crippen molar-refractivity contribution in [3.8, 4) is 10.6 Å². The highest BCUT2D eigenvalue weighted by molar-refractivity contribution is 7.13. The number of thiazole rings is 1. The fraction of sp³-hybridized carbons (Fsp3) is 0.304. The highest BCUT2D eigenvalue weighted by Crippen LogP contribution is 2.32. The predicted molar refractivity (Wildman–Crippen MR) is 114 cm³/mol. The van der Waals surface area contributed by atoms with E-state index in [0.29, 0.717) is 11.8 Å². The summed E-state index contributed by atoms with van der Waals surface area (Å²) >= 11 is 1.46. The molecule has 0 saturated heterocycles. The maximum atomic E-state index is 13.1. The third-order valence-electron chi connectivity index (χ3n) is 4.62. The molecule has 3 aromatic rings. The van der Waals surface area contributed by atoms with Gasteiger partial charge in [-0.1, -0.05) is 45.9 Å². The van der Waals surface area contributed by atoms with Crippen molar-refractivity contribution in [3.63, 3.8) is 0 Å². The predicted octanol–water partition coefficient (Wildman–Crippen LogP) is 6.38. The van der Waals surface area contributed by atoms with Gasteiger partial charge in [0.05, 0.1) is 12.1 Å². The first-order valence-electron chi connectivity index (χ1n) is 9.48. The molecule has 0 fully saturated rings. The molecule has 0 bridgehead atoms. The van der Waals surface area contributed by atoms with Crippen LogP contribution in [0, 0.1) is 5.82 Å². The number of nitrogens with zero attached hydrogens (tertiary/aromatic N) is 1. The van der Waals surface area contributed by atoms with E-state index < -0.39 is 0 Å². The van der Waals surface area contributed by atoms with E-state index in [0.717, 1.165) is 33.1 Å². The molecule has 0 unspecified atom stereocenters. The van der Waals surface area contributed by atoms with Crippen molar-refractivity contribution in [1.29, 1.82) is 0 Å². The maximum Gasteiger partial charge on any atom is 0.230 e. The number of carbonyl (C=O) groups is 1. The highest BCUT2D eigenvalue weighted by Gasteiger charge is 2.17. The van der Waals surface area contributed by atoms with Crippen LogP contribution in [0.1, 0.15) is 56.4 Å². The van der Waals surface area contributed by atoms with Gasteiger partial charge in [-0.15, -0.1) is 11.3 Å². The number of halogens is 1. The van der Waals surface area contributed by atoms with Crippen LogP contribution in [0.3, 0.4) is 0 Å². The Kier molecular flexibility index (Phi) is 6.25. The Bertz CT molecular complexity index is 935. The van der Waals surface area contributed by atoms with Crippen LogP contribution in [0.15, 0.2) is 47.8 Å². The number of hydrogen-bond donors (Lipinski definition) is 1. The van der Waals surface area contributed by atoms with Gasteiger partial charge in [-0.25, -0.2) is 9.37 Å². The molecule has 0 aliphatic rings. The van der Waals surface area contributed by atoms with Gasteiger partial charge in [0.1, 0.15) is 10.8 Å². The summed E-state index contributed by atoms with van der Waals surface area (Å²) in [6.07, 6.45) is 0.210. The van der Waals surface area contributed by atoms with Gasteiger partial charge in [-0.05, 0) is 47.2 Å². The minimum atomic E-state index is -0.273. The van der Waals surface area contributed by atoms with Crippen LogP contribution in [0.2, 0.25) is 0 Å². The van der Waals surface area contributed by atoms with Crippen LogP contribution < -0.4 is 5.32 Å². The minimum absolute atomic E-state index is 0.0778. The van der Waals surface area contributed by atoms with Crippen molar-refractivity contribution in [2.24, 2.45) is 0 Å². The van der Waals surface area contributed by atoms with E-state index in [1.807, 2.05) is 5.38 Å². The third-order valence-corrected chi connectivity index (χ3v) is 5.56. The summed E-state index contributed by atoms with van der Waals surface area (Å²) in [5.74, 6) is 0.285. The zero-order valence-corrected chi connectivity index (χ0v) is 17.4. The van der Waals surface area contributed by atoms with Gasteiger partial charge in [0.2, 0.25) is 5.91 Å². The Labute approximate surface area is 169 Å². The lowest BCUT2D eigenvalue weighted by Gasteiger charge is -2.20. The van der Waals surface area contributed by atoms with Gasteiger partial charge in [0.15, 0.2) is 0 Å². The summed E-state index contributed by atoms with van der Waals surface area (Å²) in [6, 6.07) is 12.4. The molecule has 0 radical (unpaired) electrons. The summed E-state index contributed by atoms with van der Waals surface area (Å²) in [5, 5.41) is 5.79. The second-order valence-electron chi connectivity index (χ2n) is 7.50. The van der Waals surface area contributed by atoms with Crippen LogP contribution in [0.25, 0.3) is 10.6 Å². The van der Waals surface area contributed by atoms with Crippen molar-refractivity contribution in [2.45, 2.75) is 46.0 Å². The molecule has 3 rings (SSSR count). The molecule has 28 heavy (non-hydrogen) atoms. The average Bonchev–Trinajstić information content (AvgIpc) is 3.10. The smallest absolute Gasteiger partial charge is 0.230 e. The van der Waals surface area contributed by atoms with Gasteiger partial charge in [0.25, 0.3) is 0 Å². The quantitative estimate of drug-likeness (QED) is 0.525. The Morgan fingerprint density at radius 1 is 1.04 bits per heavy atom. The Morgan fingerprint density at radius 3 is 2.21 bits per heavy atom. The molecule has 146 valence electrons. The van der Waals surface area contributed by atoms with E-state index in [-0.39, 0.29) is 18.1 Å². The molecule has 0 atom stereocenters. The van der Waals surface area contributed by atoms with Crippen molar-refractivity contribution in [3.05, 3.63) is 70.5 Å². The number of aromatic nitrogens is 1. The third kappa shape index (κ3) is 4.65. The number of amides is 1. The van der Waals surface area contributed by atoms with Crippen LogP contribution in [0.4, 0.5) is 10.1 Å². The number of para-hydroxylation sites is 1. The fourth-order valence-electron chi connectivity index (χ4n) is 3.16. The Hall–Kier alpha value is -2.53. The standard InChI is InChI=1S/C23H25FN2OS/c1-14(2)19-6-5-7-20(15(3)4)22(19)26-21(27)12-18-13-28-23(25-18)16-8-10-17(24)11-9-16/h5-11,13-15H,12H2,1-4H3,(H,26,27). The van der Waals surface area contributed by atoms with Crippen molar-refractivity contribution in [1.82, 2.24) is 4.98 Å².